The molecule has 0 unspecified atom stereocenters. The molecular formula is C20H17NO3S. The van der Waals surface area contributed by atoms with Crippen molar-refractivity contribution < 1.29 is 14.3 Å². The first-order valence-electron chi connectivity index (χ1n) is 7.73. The fourth-order valence-corrected chi connectivity index (χ4v) is 3.31. The third-order valence-corrected chi connectivity index (χ3v) is 4.74. The van der Waals surface area contributed by atoms with Crippen molar-refractivity contribution in [3.8, 4) is 0 Å². The number of nitrogens with one attached hydrogen (secondary N) is 1. The van der Waals surface area contributed by atoms with Crippen LogP contribution in [0.2, 0.25) is 0 Å². The molecule has 1 amide bonds. The SMILES string of the molecule is COC(=O)c1sccc1NC(=O)/C=C(/C)c1ccc2ccccc2c1. The highest BCUT2D eigenvalue weighted by Gasteiger charge is 2.14. The van der Waals surface area contributed by atoms with Gasteiger partial charge in [-0.25, -0.2) is 4.79 Å². The number of carbonyl (C=O) groups excluding carboxylic acids is 2. The molecule has 3 rings (SSSR count). The molecule has 0 aliphatic carbocycles. The number of thiophene rings is 1. The van der Waals surface area contributed by atoms with E-state index < -0.39 is 5.97 Å². The van der Waals surface area contributed by atoms with E-state index in [1.807, 2.05) is 37.3 Å². The summed E-state index contributed by atoms with van der Waals surface area (Å²) in [6.45, 7) is 1.89. The third-order valence-electron chi connectivity index (χ3n) is 3.85. The van der Waals surface area contributed by atoms with Crippen LogP contribution in [0.25, 0.3) is 16.3 Å². The molecule has 1 aromatic heterocycles. The van der Waals surface area contributed by atoms with Crippen LogP contribution in [0.3, 0.4) is 0 Å². The maximum absolute atomic E-state index is 12.3. The van der Waals surface area contributed by atoms with Crippen LogP contribution >= 0.6 is 11.3 Å². The molecule has 1 N–H and O–H groups in total. The van der Waals surface area contributed by atoms with E-state index in [-0.39, 0.29) is 5.91 Å². The first-order valence-corrected chi connectivity index (χ1v) is 8.60. The number of methoxy groups -OCH3 is 1. The van der Waals surface area contributed by atoms with E-state index in [4.69, 9.17) is 4.74 Å². The number of amides is 1. The second kappa shape index (κ2) is 7.32. The summed E-state index contributed by atoms with van der Waals surface area (Å²) in [5.74, 6) is -0.741. The Morgan fingerprint density at radius 3 is 2.60 bits per heavy atom. The van der Waals surface area contributed by atoms with Crippen molar-refractivity contribution in [2.24, 2.45) is 0 Å². The number of hydrogen-bond acceptors (Lipinski definition) is 4. The topological polar surface area (TPSA) is 55.4 Å². The molecule has 0 bridgehead atoms. The molecule has 0 spiro atoms. The van der Waals surface area contributed by atoms with Gasteiger partial charge in [-0.15, -0.1) is 11.3 Å². The van der Waals surface area contributed by atoms with Gasteiger partial charge in [0.2, 0.25) is 5.91 Å². The minimum Gasteiger partial charge on any atom is -0.465 e. The van der Waals surface area contributed by atoms with Crippen molar-refractivity contribution in [1.82, 2.24) is 0 Å². The Morgan fingerprint density at radius 1 is 1.08 bits per heavy atom. The number of carbonyl (C=O) groups is 2. The molecule has 1 heterocycles. The van der Waals surface area contributed by atoms with E-state index in [2.05, 4.69) is 17.4 Å². The Hall–Kier alpha value is -2.92. The van der Waals surface area contributed by atoms with Crippen LogP contribution in [0.5, 0.6) is 0 Å². The number of rotatable bonds is 4. The highest BCUT2D eigenvalue weighted by atomic mass is 32.1. The molecule has 2 aromatic carbocycles. The predicted octanol–water partition coefficient (Wildman–Crippen LogP) is 4.73. The summed E-state index contributed by atoms with van der Waals surface area (Å²) in [5, 5.41) is 6.76. The third kappa shape index (κ3) is 3.78. The Kier molecular flexibility index (Phi) is 4.95. The molecule has 0 radical (unpaired) electrons. The van der Waals surface area contributed by atoms with Gasteiger partial charge in [0, 0.05) is 6.08 Å². The summed E-state index contributed by atoms with van der Waals surface area (Å²) in [6, 6.07) is 15.9. The van der Waals surface area contributed by atoms with Gasteiger partial charge in [-0.2, -0.15) is 0 Å². The van der Waals surface area contributed by atoms with Gasteiger partial charge in [-0.05, 0) is 46.3 Å². The van der Waals surface area contributed by atoms with Gasteiger partial charge in [0.25, 0.3) is 0 Å². The molecule has 0 saturated carbocycles. The zero-order chi connectivity index (χ0) is 17.8. The van der Waals surface area contributed by atoms with Crippen molar-refractivity contribution in [3.63, 3.8) is 0 Å². The van der Waals surface area contributed by atoms with Crippen LogP contribution in [0.1, 0.15) is 22.2 Å². The second-order valence-corrected chi connectivity index (χ2v) is 6.45. The van der Waals surface area contributed by atoms with Crippen LogP contribution < -0.4 is 5.32 Å². The van der Waals surface area contributed by atoms with Crippen molar-refractivity contribution >= 4 is 45.2 Å². The number of hydrogen-bond donors (Lipinski definition) is 1. The van der Waals surface area contributed by atoms with E-state index in [0.717, 1.165) is 21.9 Å². The average molecular weight is 351 g/mol. The first-order chi connectivity index (χ1) is 12.1. The second-order valence-electron chi connectivity index (χ2n) is 5.53. The lowest BCUT2D eigenvalue weighted by molar-refractivity contribution is -0.111. The summed E-state index contributed by atoms with van der Waals surface area (Å²) in [5.41, 5.74) is 2.29. The van der Waals surface area contributed by atoms with E-state index in [0.29, 0.717) is 10.6 Å². The van der Waals surface area contributed by atoms with Crippen molar-refractivity contribution in [3.05, 3.63) is 70.4 Å². The van der Waals surface area contributed by atoms with E-state index >= 15 is 0 Å². The number of ether oxygens (including phenoxy) is 1. The molecule has 3 aromatic rings. The number of esters is 1. The summed E-state index contributed by atoms with van der Waals surface area (Å²) in [6.07, 6.45) is 1.53. The lowest BCUT2D eigenvalue weighted by Crippen LogP contribution is -2.11. The van der Waals surface area contributed by atoms with Gasteiger partial charge in [-0.3, -0.25) is 4.79 Å². The fourth-order valence-electron chi connectivity index (χ4n) is 2.54. The number of allylic oxidation sites excluding steroid dienone is 1. The molecule has 4 nitrogen and oxygen atoms in total. The Balaban J connectivity index is 1.80. The summed E-state index contributed by atoms with van der Waals surface area (Å²) in [4.78, 5) is 24.3. The fraction of sp³-hybridized carbons (Fsp3) is 0.100. The van der Waals surface area contributed by atoms with E-state index in [9.17, 15) is 9.59 Å². The summed E-state index contributed by atoms with van der Waals surface area (Å²) < 4.78 is 4.71. The molecule has 0 saturated heterocycles. The largest absolute Gasteiger partial charge is 0.465 e. The van der Waals surface area contributed by atoms with Crippen LogP contribution in [-0.2, 0) is 9.53 Å². The molecule has 25 heavy (non-hydrogen) atoms. The Labute approximate surface area is 149 Å². The first kappa shape index (κ1) is 16.9. The molecule has 0 atom stereocenters. The van der Waals surface area contributed by atoms with Crippen LogP contribution in [-0.4, -0.2) is 19.0 Å². The monoisotopic (exact) mass is 351 g/mol. The molecule has 0 aliphatic rings. The van der Waals surface area contributed by atoms with Crippen molar-refractivity contribution in [2.75, 3.05) is 12.4 Å². The number of anilines is 1. The Morgan fingerprint density at radius 2 is 1.84 bits per heavy atom. The molecule has 0 fully saturated rings. The molecule has 5 heteroatoms. The van der Waals surface area contributed by atoms with Crippen LogP contribution in [0, 0.1) is 0 Å². The minimum absolute atomic E-state index is 0.283. The van der Waals surface area contributed by atoms with Gasteiger partial charge in [0.05, 0.1) is 12.8 Å². The van der Waals surface area contributed by atoms with Crippen LogP contribution in [0.4, 0.5) is 5.69 Å². The summed E-state index contributed by atoms with van der Waals surface area (Å²) in [7, 11) is 1.32. The van der Waals surface area contributed by atoms with Crippen LogP contribution in [0.15, 0.2) is 60.0 Å². The summed E-state index contributed by atoms with van der Waals surface area (Å²) >= 11 is 1.23. The van der Waals surface area contributed by atoms with Crippen molar-refractivity contribution in [1.29, 1.82) is 0 Å². The van der Waals surface area contributed by atoms with Crippen molar-refractivity contribution in [2.45, 2.75) is 6.92 Å². The van der Waals surface area contributed by atoms with Gasteiger partial charge < -0.3 is 10.1 Å². The standard InChI is InChI=1S/C20H17NO3S/c1-13(15-8-7-14-5-3-4-6-16(14)12-15)11-18(22)21-17-9-10-25-19(17)20(23)24-2/h3-12H,1-2H3,(H,21,22)/b13-11-. The predicted molar refractivity (Wildman–Crippen MR) is 102 cm³/mol. The molecule has 0 aliphatic heterocycles. The maximum Gasteiger partial charge on any atom is 0.350 e. The minimum atomic E-state index is -0.458. The zero-order valence-corrected chi connectivity index (χ0v) is 14.7. The lowest BCUT2D eigenvalue weighted by Gasteiger charge is -2.06. The lowest BCUT2D eigenvalue weighted by atomic mass is 10.0. The molecule has 126 valence electrons. The normalized spacial score (nSPS) is 11.4. The van der Waals surface area contributed by atoms with Gasteiger partial charge in [0.1, 0.15) is 4.88 Å². The smallest absolute Gasteiger partial charge is 0.350 e. The van der Waals surface area contributed by atoms with E-state index in [1.165, 1.54) is 24.5 Å². The van der Waals surface area contributed by atoms with E-state index in [1.54, 1.807) is 11.4 Å². The molecular weight excluding hydrogens is 334 g/mol. The highest BCUT2D eigenvalue weighted by molar-refractivity contribution is 7.12. The quantitative estimate of drug-likeness (QED) is 0.546. The highest BCUT2D eigenvalue weighted by Crippen LogP contribution is 2.24. The van der Waals surface area contributed by atoms with Gasteiger partial charge >= 0.3 is 5.97 Å². The Bertz CT molecular complexity index is 972. The number of benzene rings is 2. The van der Waals surface area contributed by atoms with Gasteiger partial charge in [0.15, 0.2) is 0 Å². The average Bonchev–Trinajstić information content (AvgIpc) is 3.08. The zero-order valence-electron chi connectivity index (χ0n) is 13.9. The van der Waals surface area contributed by atoms with Gasteiger partial charge in [-0.1, -0.05) is 36.4 Å². The maximum atomic E-state index is 12.3. The number of fused-ring (bicyclic) bond motifs is 1.